The summed E-state index contributed by atoms with van der Waals surface area (Å²) in [5, 5.41) is 15.8. The van der Waals surface area contributed by atoms with Crippen molar-refractivity contribution in [3.8, 4) is 0 Å². The molecule has 1 heterocycles. The third-order valence-electron chi connectivity index (χ3n) is 2.72. The highest BCUT2D eigenvalue weighted by molar-refractivity contribution is 5.94. The van der Waals surface area contributed by atoms with E-state index in [4.69, 9.17) is 5.11 Å². The lowest BCUT2D eigenvalue weighted by molar-refractivity contribution is 0.0697. The van der Waals surface area contributed by atoms with Crippen molar-refractivity contribution in [3.63, 3.8) is 0 Å². The lowest BCUT2D eigenvalue weighted by Gasteiger charge is -2.09. The first-order valence-electron chi connectivity index (χ1n) is 5.81. The highest BCUT2D eigenvalue weighted by atomic mass is 19.1. The number of halogens is 1. The minimum absolute atomic E-state index is 0.0268. The summed E-state index contributed by atoms with van der Waals surface area (Å²) in [6.45, 7) is 0.437. The molecule has 0 radical (unpaired) electrons. The van der Waals surface area contributed by atoms with Gasteiger partial charge in [0.25, 0.3) is 0 Å². The smallest absolute Gasteiger partial charge is 0.337 e. The molecule has 0 aliphatic carbocycles. The maximum atomic E-state index is 13.6. The molecule has 0 bridgehead atoms. The number of nitrogens with zero attached hydrogens (tertiary/aromatic N) is 2. The average Bonchev–Trinajstić information content (AvgIpc) is 2.77. The summed E-state index contributed by atoms with van der Waals surface area (Å²) in [5.74, 6) is -1.71. The van der Waals surface area contributed by atoms with Crippen molar-refractivity contribution in [1.82, 2.24) is 9.78 Å². The Morgan fingerprint density at radius 3 is 2.95 bits per heavy atom. The van der Waals surface area contributed by atoms with Crippen molar-refractivity contribution in [1.29, 1.82) is 0 Å². The lowest BCUT2D eigenvalue weighted by Crippen LogP contribution is -2.11. The van der Waals surface area contributed by atoms with Crippen molar-refractivity contribution < 1.29 is 14.3 Å². The summed E-state index contributed by atoms with van der Waals surface area (Å²) in [5.41, 5.74) is 0.966. The van der Waals surface area contributed by atoms with E-state index >= 15 is 0 Å². The number of carboxylic acids is 1. The number of aromatic carboxylic acids is 1. The summed E-state index contributed by atoms with van der Waals surface area (Å²) in [7, 11) is 1.82. The Labute approximate surface area is 109 Å². The second-order valence-electron chi connectivity index (χ2n) is 4.17. The number of para-hydroxylation sites is 1. The fourth-order valence-corrected chi connectivity index (χ4v) is 1.81. The van der Waals surface area contributed by atoms with Gasteiger partial charge in [-0.25, -0.2) is 9.18 Å². The monoisotopic (exact) mass is 263 g/mol. The minimum Gasteiger partial charge on any atom is -0.478 e. The van der Waals surface area contributed by atoms with Gasteiger partial charge in [0, 0.05) is 19.8 Å². The normalized spacial score (nSPS) is 10.4. The molecule has 1 aromatic heterocycles. The molecule has 2 aromatic rings. The number of aryl methyl sites for hydroxylation is 1. The number of rotatable bonds is 5. The second kappa shape index (κ2) is 5.51. The van der Waals surface area contributed by atoms with Crippen LogP contribution in [0.4, 0.5) is 10.1 Å². The Hall–Kier alpha value is -2.37. The maximum Gasteiger partial charge on any atom is 0.337 e. The zero-order valence-electron chi connectivity index (χ0n) is 10.4. The number of nitrogens with one attached hydrogen (secondary N) is 1. The minimum atomic E-state index is -1.15. The van der Waals surface area contributed by atoms with E-state index in [9.17, 15) is 9.18 Å². The third-order valence-corrected chi connectivity index (χ3v) is 2.72. The van der Waals surface area contributed by atoms with E-state index in [1.54, 1.807) is 10.9 Å². The SMILES string of the molecule is Cn1cc(CCNc2c(F)cccc2C(=O)O)cn1. The molecule has 5 nitrogen and oxygen atoms in total. The van der Waals surface area contributed by atoms with Crippen molar-refractivity contribution in [2.75, 3.05) is 11.9 Å². The molecule has 100 valence electrons. The van der Waals surface area contributed by atoms with Gasteiger partial charge >= 0.3 is 5.97 Å². The lowest BCUT2D eigenvalue weighted by atomic mass is 10.1. The first-order chi connectivity index (χ1) is 9.08. The van der Waals surface area contributed by atoms with E-state index < -0.39 is 11.8 Å². The molecule has 2 rings (SSSR count). The van der Waals surface area contributed by atoms with E-state index in [1.807, 2.05) is 13.2 Å². The van der Waals surface area contributed by atoms with Crippen molar-refractivity contribution in [2.24, 2.45) is 7.05 Å². The average molecular weight is 263 g/mol. The van der Waals surface area contributed by atoms with Crippen LogP contribution in [0.25, 0.3) is 0 Å². The summed E-state index contributed by atoms with van der Waals surface area (Å²) >= 11 is 0. The summed E-state index contributed by atoms with van der Waals surface area (Å²) in [4.78, 5) is 11.0. The van der Waals surface area contributed by atoms with Crippen LogP contribution >= 0.6 is 0 Å². The number of hydrogen-bond donors (Lipinski definition) is 2. The van der Waals surface area contributed by atoms with Gasteiger partial charge in [-0.1, -0.05) is 6.07 Å². The van der Waals surface area contributed by atoms with Crippen LogP contribution in [0.2, 0.25) is 0 Å². The Balaban J connectivity index is 2.05. The van der Waals surface area contributed by atoms with Gasteiger partial charge in [0.15, 0.2) is 0 Å². The highest BCUT2D eigenvalue weighted by Crippen LogP contribution is 2.19. The van der Waals surface area contributed by atoms with Crippen LogP contribution in [0, 0.1) is 5.82 Å². The Bertz CT molecular complexity index is 595. The fraction of sp³-hybridized carbons (Fsp3) is 0.231. The molecule has 19 heavy (non-hydrogen) atoms. The summed E-state index contributed by atoms with van der Waals surface area (Å²) in [6, 6.07) is 3.99. The van der Waals surface area contributed by atoms with E-state index in [0.29, 0.717) is 13.0 Å². The maximum absolute atomic E-state index is 13.6. The van der Waals surface area contributed by atoms with E-state index in [0.717, 1.165) is 5.56 Å². The summed E-state index contributed by atoms with van der Waals surface area (Å²) in [6.07, 6.45) is 4.23. The standard InChI is InChI=1S/C13H14FN3O2/c1-17-8-9(7-16-17)5-6-15-12-10(13(18)19)3-2-4-11(12)14/h2-4,7-8,15H,5-6H2,1H3,(H,18,19). The largest absolute Gasteiger partial charge is 0.478 e. The predicted molar refractivity (Wildman–Crippen MR) is 68.8 cm³/mol. The van der Waals surface area contributed by atoms with Crippen molar-refractivity contribution >= 4 is 11.7 Å². The topological polar surface area (TPSA) is 67.2 Å². The molecule has 6 heteroatoms. The summed E-state index contributed by atoms with van der Waals surface area (Å²) < 4.78 is 15.3. The Morgan fingerprint density at radius 1 is 1.53 bits per heavy atom. The Kier molecular flexibility index (Phi) is 3.79. The molecule has 0 aliphatic rings. The first-order valence-corrected chi connectivity index (χ1v) is 5.81. The molecule has 0 saturated carbocycles. The molecular weight excluding hydrogens is 249 g/mol. The van der Waals surface area contributed by atoms with Gasteiger partial charge in [-0.15, -0.1) is 0 Å². The van der Waals surface area contributed by atoms with E-state index in [1.165, 1.54) is 18.2 Å². The van der Waals surface area contributed by atoms with Crippen LogP contribution in [0.1, 0.15) is 15.9 Å². The third kappa shape index (κ3) is 3.09. The van der Waals surface area contributed by atoms with Gasteiger partial charge in [-0.05, 0) is 24.1 Å². The van der Waals surface area contributed by atoms with Gasteiger partial charge in [0.05, 0.1) is 17.4 Å². The quantitative estimate of drug-likeness (QED) is 0.864. The van der Waals surface area contributed by atoms with Crippen LogP contribution in [-0.4, -0.2) is 27.4 Å². The van der Waals surface area contributed by atoms with Gasteiger partial charge < -0.3 is 10.4 Å². The van der Waals surface area contributed by atoms with Crippen LogP contribution in [0.3, 0.4) is 0 Å². The number of anilines is 1. The number of carbonyl (C=O) groups is 1. The Morgan fingerprint density at radius 2 is 2.32 bits per heavy atom. The number of aromatic nitrogens is 2. The molecule has 0 atom stereocenters. The second-order valence-corrected chi connectivity index (χ2v) is 4.17. The molecule has 0 fully saturated rings. The first kappa shape index (κ1) is 13.1. The van der Waals surface area contributed by atoms with Crippen molar-refractivity contribution in [2.45, 2.75) is 6.42 Å². The predicted octanol–water partition coefficient (Wildman–Crippen LogP) is 1.91. The van der Waals surface area contributed by atoms with Crippen LogP contribution in [-0.2, 0) is 13.5 Å². The molecular formula is C13H14FN3O2. The highest BCUT2D eigenvalue weighted by Gasteiger charge is 2.13. The van der Waals surface area contributed by atoms with Crippen LogP contribution in [0.5, 0.6) is 0 Å². The molecule has 0 unspecified atom stereocenters. The zero-order chi connectivity index (χ0) is 13.8. The molecule has 1 aromatic carbocycles. The van der Waals surface area contributed by atoms with E-state index in [2.05, 4.69) is 10.4 Å². The fourth-order valence-electron chi connectivity index (χ4n) is 1.81. The molecule has 0 amide bonds. The zero-order valence-corrected chi connectivity index (χ0v) is 10.4. The van der Waals surface area contributed by atoms with Gasteiger partial charge in [0.1, 0.15) is 5.82 Å². The molecule has 0 spiro atoms. The number of carboxylic acid groups (broad SMARTS) is 1. The van der Waals surface area contributed by atoms with Crippen LogP contribution in [0.15, 0.2) is 30.6 Å². The molecule has 0 aliphatic heterocycles. The van der Waals surface area contributed by atoms with E-state index in [-0.39, 0.29) is 11.3 Å². The molecule has 0 saturated heterocycles. The van der Waals surface area contributed by atoms with Gasteiger partial charge in [0.2, 0.25) is 0 Å². The van der Waals surface area contributed by atoms with Gasteiger partial charge in [-0.2, -0.15) is 5.10 Å². The number of hydrogen-bond acceptors (Lipinski definition) is 3. The number of benzene rings is 1. The van der Waals surface area contributed by atoms with Gasteiger partial charge in [-0.3, -0.25) is 4.68 Å². The molecule has 2 N–H and O–H groups in total. The van der Waals surface area contributed by atoms with Crippen molar-refractivity contribution in [3.05, 3.63) is 47.5 Å². The van der Waals surface area contributed by atoms with Crippen LogP contribution < -0.4 is 5.32 Å².